The molecule has 4 heteroatoms. The van der Waals surface area contributed by atoms with E-state index in [0.717, 1.165) is 33.3 Å². The quantitative estimate of drug-likeness (QED) is 0.547. The minimum Gasteiger partial charge on any atom is -0.508 e. The molecule has 0 atom stereocenters. The zero-order valence-electron chi connectivity index (χ0n) is 14.8. The zero-order valence-corrected chi connectivity index (χ0v) is 14.8. The van der Waals surface area contributed by atoms with E-state index in [4.69, 9.17) is 5.26 Å². The van der Waals surface area contributed by atoms with E-state index >= 15 is 0 Å². The maximum atomic E-state index is 9.94. The van der Waals surface area contributed by atoms with Crippen molar-refractivity contribution in [3.8, 4) is 28.8 Å². The van der Waals surface area contributed by atoms with Crippen molar-refractivity contribution in [3.63, 3.8) is 0 Å². The first kappa shape index (κ1) is 16.7. The second kappa shape index (κ2) is 6.54. The first-order valence-electron chi connectivity index (χ1n) is 8.67. The Hall–Kier alpha value is -3.71. The summed E-state index contributed by atoms with van der Waals surface area (Å²) in [6, 6.07) is 22.2. The van der Waals surface area contributed by atoms with Crippen LogP contribution in [0.3, 0.4) is 0 Å². The van der Waals surface area contributed by atoms with Crippen LogP contribution in [0.25, 0.3) is 22.2 Å². The summed E-state index contributed by atoms with van der Waals surface area (Å²) in [6.45, 7) is 2.68. The molecule has 0 saturated carbocycles. The van der Waals surface area contributed by atoms with E-state index < -0.39 is 0 Å². The molecule has 1 aromatic heterocycles. The molecule has 0 aliphatic rings. The summed E-state index contributed by atoms with van der Waals surface area (Å²) in [7, 11) is 0. The molecule has 4 nitrogen and oxygen atoms in total. The highest BCUT2D eigenvalue weighted by atomic mass is 16.3. The highest BCUT2D eigenvalue weighted by Crippen LogP contribution is 2.36. The first-order valence-corrected chi connectivity index (χ1v) is 8.67. The van der Waals surface area contributed by atoms with Crippen molar-refractivity contribution < 1.29 is 10.2 Å². The lowest BCUT2D eigenvalue weighted by Crippen LogP contribution is -2.02. The molecule has 0 aliphatic carbocycles. The number of phenolic OH excluding ortho intramolecular Hbond substituents is 2. The minimum atomic E-state index is 0.226. The van der Waals surface area contributed by atoms with Crippen molar-refractivity contribution in [2.24, 2.45) is 0 Å². The Balaban J connectivity index is 1.92. The Labute approximate surface area is 157 Å². The maximum Gasteiger partial charge on any atom is 0.116 e. The lowest BCUT2D eigenvalue weighted by atomic mass is 10.1. The fraction of sp³-hybridized carbons (Fsp3) is 0.0870. The molecule has 27 heavy (non-hydrogen) atoms. The van der Waals surface area contributed by atoms with Crippen LogP contribution in [-0.2, 0) is 6.54 Å². The smallest absolute Gasteiger partial charge is 0.116 e. The number of hydrogen-bond donors (Lipinski definition) is 2. The Kier molecular flexibility index (Phi) is 4.06. The van der Waals surface area contributed by atoms with Crippen molar-refractivity contribution in [2.75, 3.05) is 0 Å². The van der Waals surface area contributed by atoms with Gasteiger partial charge in [-0.1, -0.05) is 12.1 Å². The monoisotopic (exact) mass is 354 g/mol. The predicted octanol–water partition coefficient (Wildman–Crippen LogP) is 4.95. The minimum absolute atomic E-state index is 0.226. The number of aryl methyl sites for hydroxylation is 1. The van der Waals surface area contributed by atoms with Gasteiger partial charge in [0.05, 0.1) is 17.3 Å². The number of nitrogens with zero attached hydrogens (tertiary/aromatic N) is 2. The summed E-state index contributed by atoms with van der Waals surface area (Å²) in [6.07, 6.45) is 0. The third-order valence-electron chi connectivity index (χ3n) is 4.86. The first-order chi connectivity index (χ1) is 13.1. The van der Waals surface area contributed by atoms with Crippen molar-refractivity contribution >= 4 is 10.9 Å². The molecule has 0 spiro atoms. The number of aromatic hydroxyl groups is 2. The molecule has 2 N–H and O–H groups in total. The summed E-state index contributed by atoms with van der Waals surface area (Å²) < 4.78 is 2.21. The fourth-order valence-electron chi connectivity index (χ4n) is 3.53. The molecule has 0 aliphatic heterocycles. The third-order valence-corrected chi connectivity index (χ3v) is 4.86. The number of nitriles is 1. The van der Waals surface area contributed by atoms with Gasteiger partial charge in [0.1, 0.15) is 11.5 Å². The van der Waals surface area contributed by atoms with Gasteiger partial charge in [0, 0.05) is 17.4 Å². The summed E-state index contributed by atoms with van der Waals surface area (Å²) in [4.78, 5) is 0. The number of hydrogen-bond acceptors (Lipinski definition) is 3. The Morgan fingerprint density at radius 2 is 1.56 bits per heavy atom. The molecule has 132 valence electrons. The summed E-state index contributed by atoms with van der Waals surface area (Å²) >= 11 is 0. The largest absolute Gasteiger partial charge is 0.508 e. The van der Waals surface area contributed by atoms with Gasteiger partial charge in [0.15, 0.2) is 0 Å². The van der Waals surface area contributed by atoms with Crippen LogP contribution in [0.15, 0.2) is 66.7 Å². The summed E-state index contributed by atoms with van der Waals surface area (Å²) in [5.41, 5.74) is 5.85. The standard InChI is InChI=1S/C23H18N2O2/c1-15-21-12-20(27)10-11-22(21)25(14-17-4-2-16(13-24)3-5-17)23(15)18-6-8-19(26)9-7-18/h2-12,26-27H,14H2,1H3. The number of phenols is 2. The van der Waals surface area contributed by atoms with Crippen molar-refractivity contribution in [3.05, 3.63) is 83.4 Å². The molecule has 0 radical (unpaired) electrons. The van der Waals surface area contributed by atoms with Crippen LogP contribution in [-0.4, -0.2) is 14.8 Å². The van der Waals surface area contributed by atoms with E-state index in [-0.39, 0.29) is 11.5 Å². The van der Waals surface area contributed by atoms with Crippen molar-refractivity contribution in [1.82, 2.24) is 4.57 Å². The molecule has 0 unspecified atom stereocenters. The van der Waals surface area contributed by atoms with E-state index in [1.807, 2.05) is 49.4 Å². The second-order valence-corrected chi connectivity index (χ2v) is 6.62. The van der Waals surface area contributed by atoms with Crippen LogP contribution in [0.2, 0.25) is 0 Å². The van der Waals surface area contributed by atoms with Gasteiger partial charge in [-0.25, -0.2) is 0 Å². The van der Waals surface area contributed by atoms with E-state index in [1.165, 1.54) is 0 Å². The van der Waals surface area contributed by atoms with Crippen molar-refractivity contribution in [2.45, 2.75) is 13.5 Å². The fourth-order valence-corrected chi connectivity index (χ4v) is 3.53. The normalized spacial score (nSPS) is 10.8. The van der Waals surface area contributed by atoms with Gasteiger partial charge < -0.3 is 14.8 Å². The second-order valence-electron chi connectivity index (χ2n) is 6.62. The van der Waals surface area contributed by atoms with Gasteiger partial charge in [-0.2, -0.15) is 5.26 Å². The zero-order chi connectivity index (χ0) is 19.0. The topological polar surface area (TPSA) is 69.2 Å². The predicted molar refractivity (Wildman–Crippen MR) is 106 cm³/mol. The number of aromatic nitrogens is 1. The number of fused-ring (bicyclic) bond motifs is 1. The average molecular weight is 354 g/mol. The van der Waals surface area contributed by atoms with Gasteiger partial charge in [0.2, 0.25) is 0 Å². The molecule has 3 aromatic carbocycles. The molecule has 4 aromatic rings. The molecular formula is C23H18N2O2. The number of rotatable bonds is 3. The Morgan fingerprint density at radius 1 is 0.889 bits per heavy atom. The van der Waals surface area contributed by atoms with Crippen LogP contribution in [0.5, 0.6) is 11.5 Å². The summed E-state index contributed by atoms with van der Waals surface area (Å²) in [5.74, 6) is 0.460. The molecule has 0 fully saturated rings. The molecule has 4 rings (SSSR count). The average Bonchev–Trinajstić information content (AvgIpc) is 2.94. The third kappa shape index (κ3) is 3.00. The Morgan fingerprint density at radius 3 is 2.22 bits per heavy atom. The van der Waals surface area contributed by atoms with E-state index in [9.17, 15) is 10.2 Å². The van der Waals surface area contributed by atoms with Gasteiger partial charge >= 0.3 is 0 Å². The van der Waals surface area contributed by atoms with Gasteiger partial charge in [-0.3, -0.25) is 0 Å². The lowest BCUT2D eigenvalue weighted by molar-refractivity contribution is 0.475. The molecule has 0 saturated heterocycles. The highest BCUT2D eigenvalue weighted by molar-refractivity contribution is 5.92. The highest BCUT2D eigenvalue weighted by Gasteiger charge is 2.16. The van der Waals surface area contributed by atoms with Crippen molar-refractivity contribution in [1.29, 1.82) is 5.26 Å². The number of benzene rings is 3. The molecular weight excluding hydrogens is 336 g/mol. The van der Waals surface area contributed by atoms with Gasteiger partial charge in [-0.05, 0) is 78.2 Å². The van der Waals surface area contributed by atoms with Crippen LogP contribution in [0, 0.1) is 18.3 Å². The Bertz CT molecular complexity index is 1160. The summed E-state index contributed by atoms with van der Waals surface area (Å²) in [5, 5.41) is 29.6. The molecule has 0 amide bonds. The maximum absolute atomic E-state index is 9.94. The van der Waals surface area contributed by atoms with E-state index in [2.05, 4.69) is 10.6 Å². The lowest BCUT2D eigenvalue weighted by Gasteiger charge is -2.12. The molecule has 0 bridgehead atoms. The van der Waals surface area contributed by atoms with Gasteiger partial charge in [0.25, 0.3) is 0 Å². The van der Waals surface area contributed by atoms with Crippen LogP contribution < -0.4 is 0 Å². The molecule has 1 heterocycles. The van der Waals surface area contributed by atoms with Crippen LogP contribution >= 0.6 is 0 Å². The SMILES string of the molecule is Cc1c(-c2ccc(O)cc2)n(Cc2ccc(C#N)cc2)c2ccc(O)cc12. The van der Waals surface area contributed by atoms with E-state index in [1.54, 1.807) is 24.3 Å². The van der Waals surface area contributed by atoms with Crippen LogP contribution in [0.1, 0.15) is 16.7 Å². The van der Waals surface area contributed by atoms with E-state index in [0.29, 0.717) is 12.1 Å². The van der Waals surface area contributed by atoms with Gasteiger partial charge in [-0.15, -0.1) is 0 Å². The van der Waals surface area contributed by atoms with Crippen LogP contribution in [0.4, 0.5) is 0 Å².